The molecule has 0 unspecified atom stereocenters. The van der Waals surface area contributed by atoms with Crippen LogP contribution in [0.5, 0.6) is 5.75 Å². The zero-order chi connectivity index (χ0) is 18.8. The number of aliphatic hydroxyl groups excluding tert-OH is 4. The fourth-order valence-electron chi connectivity index (χ4n) is 3.00. The van der Waals surface area contributed by atoms with Gasteiger partial charge in [0.25, 0.3) is 0 Å². The Morgan fingerprint density at radius 2 is 1.89 bits per heavy atom. The van der Waals surface area contributed by atoms with E-state index >= 15 is 0 Å². The monoisotopic (exact) mass is 405 g/mol. The van der Waals surface area contributed by atoms with Crippen molar-refractivity contribution in [1.82, 2.24) is 5.32 Å². The molecule has 156 valence electrons. The summed E-state index contributed by atoms with van der Waals surface area (Å²) in [5.74, 6) is 0.893. The Hall–Kier alpha value is -0.930. The van der Waals surface area contributed by atoms with Gasteiger partial charge in [-0.05, 0) is 43.9 Å². The second kappa shape index (κ2) is 13.3. The van der Waals surface area contributed by atoms with Crippen molar-refractivity contribution in [2.24, 2.45) is 0 Å². The van der Waals surface area contributed by atoms with Crippen LogP contribution in [0.4, 0.5) is 0 Å². The topological polar surface area (TPSA) is 111 Å². The summed E-state index contributed by atoms with van der Waals surface area (Å²) in [5.41, 5.74) is 1.15. The lowest BCUT2D eigenvalue weighted by Crippen LogP contribution is -2.50. The fourth-order valence-corrected chi connectivity index (χ4v) is 3.00. The third-order valence-corrected chi connectivity index (χ3v) is 4.53. The lowest BCUT2D eigenvalue weighted by atomic mass is 10.0. The second-order valence-electron chi connectivity index (χ2n) is 6.61. The molecule has 0 spiro atoms. The highest BCUT2D eigenvalue weighted by Gasteiger charge is 2.32. The van der Waals surface area contributed by atoms with Gasteiger partial charge in [-0.1, -0.05) is 18.2 Å². The molecule has 8 heteroatoms. The van der Waals surface area contributed by atoms with Gasteiger partial charge in [-0.15, -0.1) is 12.4 Å². The summed E-state index contributed by atoms with van der Waals surface area (Å²) >= 11 is 0. The molecule has 1 aromatic carbocycles. The zero-order valence-electron chi connectivity index (χ0n) is 15.5. The van der Waals surface area contributed by atoms with Gasteiger partial charge in [0, 0.05) is 13.2 Å². The molecule has 0 fully saturated rings. The summed E-state index contributed by atoms with van der Waals surface area (Å²) in [6, 6.07) is 7.97. The molecule has 0 bridgehead atoms. The molecule has 4 atom stereocenters. The number of fused-ring (bicyclic) bond motifs is 1. The van der Waals surface area contributed by atoms with Crippen LogP contribution in [-0.2, 0) is 11.2 Å². The molecule has 0 amide bonds. The maximum atomic E-state index is 10.3. The number of hydrogen-bond acceptors (Lipinski definition) is 7. The summed E-state index contributed by atoms with van der Waals surface area (Å²) < 4.78 is 11.4. The average Bonchev–Trinajstić information content (AvgIpc) is 2.66. The summed E-state index contributed by atoms with van der Waals surface area (Å²) in [7, 11) is 0. The molecule has 1 aromatic rings. The molecule has 1 aliphatic rings. The number of aliphatic hydroxyl groups is 4. The molecular weight excluding hydrogens is 374 g/mol. The summed E-state index contributed by atoms with van der Waals surface area (Å²) in [6.45, 7) is 1.14. The molecule has 1 aliphatic heterocycles. The standard InChI is InChI=1S/C19H31NO6.ClH/c21-13-16(23)19-18(24)15(22)12-20-9-5-11-25-17-8-2-1-6-14(17)7-3-4-10-26-19;/h1-2,6,8,15-16,18-24H,3-5,7,9-13H2;1H/t15-,16-,18-,19-;/m1./s1. The first-order chi connectivity index (χ1) is 12.6. The van der Waals surface area contributed by atoms with Gasteiger partial charge in [-0.3, -0.25) is 0 Å². The van der Waals surface area contributed by atoms with Crippen LogP contribution in [0.25, 0.3) is 0 Å². The number of halogens is 1. The Kier molecular flexibility index (Phi) is 11.9. The first kappa shape index (κ1) is 24.1. The predicted octanol–water partition coefficient (Wildman–Crippen LogP) is 0.263. The molecule has 7 nitrogen and oxygen atoms in total. The number of hydrogen-bond donors (Lipinski definition) is 5. The van der Waals surface area contributed by atoms with E-state index in [1.54, 1.807) is 0 Å². The number of benzene rings is 1. The van der Waals surface area contributed by atoms with Crippen LogP contribution < -0.4 is 10.1 Å². The minimum Gasteiger partial charge on any atom is -0.493 e. The van der Waals surface area contributed by atoms with E-state index in [9.17, 15) is 20.4 Å². The third-order valence-electron chi connectivity index (χ3n) is 4.53. The maximum Gasteiger partial charge on any atom is 0.122 e. The van der Waals surface area contributed by atoms with Gasteiger partial charge < -0.3 is 35.2 Å². The van der Waals surface area contributed by atoms with Crippen LogP contribution in [-0.4, -0.2) is 77.8 Å². The zero-order valence-corrected chi connectivity index (χ0v) is 16.3. The van der Waals surface area contributed by atoms with Gasteiger partial charge in [0.1, 0.15) is 24.1 Å². The highest BCUT2D eigenvalue weighted by atomic mass is 35.5. The van der Waals surface area contributed by atoms with Crippen molar-refractivity contribution in [2.75, 3.05) is 32.9 Å². The van der Waals surface area contributed by atoms with E-state index in [4.69, 9.17) is 9.47 Å². The summed E-state index contributed by atoms with van der Waals surface area (Å²) in [6.07, 6.45) is -1.46. The Labute approximate surface area is 166 Å². The number of rotatable bonds is 2. The SMILES string of the molecule is Cl.OC[C@@H](O)[C@H]1OCCCCc2ccccc2OCCCNC[C@@H](O)[C@H]1O. The van der Waals surface area contributed by atoms with Gasteiger partial charge in [-0.25, -0.2) is 0 Å². The van der Waals surface area contributed by atoms with Crippen molar-refractivity contribution in [1.29, 1.82) is 0 Å². The van der Waals surface area contributed by atoms with E-state index in [0.29, 0.717) is 19.8 Å². The van der Waals surface area contributed by atoms with E-state index in [-0.39, 0.29) is 19.0 Å². The highest BCUT2D eigenvalue weighted by molar-refractivity contribution is 5.85. The van der Waals surface area contributed by atoms with Gasteiger partial charge >= 0.3 is 0 Å². The third kappa shape index (κ3) is 7.91. The Morgan fingerprint density at radius 1 is 1.11 bits per heavy atom. The van der Waals surface area contributed by atoms with Crippen molar-refractivity contribution in [3.05, 3.63) is 29.8 Å². The van der Waals surface area contributed by atoms with E-state index in [2.05, 4.69) is 11.4 Å². The molecule has 27 heavy (non-hydrogen) atoms. The van der Waals surface area contributed by atoms with Crippen molar-refractivity contribution in [2.45, 2.75) is 50.1 Å². The van der Waals surface area contributed by atoms with E-state index in [1.165, 1.54) is 0 Å². The van der Waals surface area contributed by atoms with Crippen LogP contribution >= 0.6 is 12.4 Å². The van der Waals surface area contributed by atoms with Crippen molar-refractivity contribution >= 4 is 12.4 Å². The van der Waals surface area contributed by atoms with Crippen LogP contribution in [0.1, 0.15) is 24.8 Å². The van der Waals surface area contributed by atoms with Gasteiger partial charge in [0.2, 0.25) is 0 Å². The minimum absolute atomic E-state index is 0. The van der Waals surface area contributed by atoms with Gasteiger partial charge in [0.05, 0.1) is 19.3 Å². The lowest BCUT2D eigenvalue weighted by Gasteiger charge is -2.30. The normalized spacial score (nSPS) is 26.9. The number of aryl methyl sites for hydroxylation is 1. The van der Waals surface area contributed by atoms with Crippen LogP contribution in [0, 0.1) is 0 Å². The fraction of sp³-hybridized carbons (Fsp3) is 0.684. The molecule has 0 saturated heterocycles. The van der Waals surface area contributed by atoms with Crippen molar-refractivity contribution in [3.8, 4) is 5.75 Å². The smallest absolute Gasteiger partial charge is 0.122 e. The summed E-state index contributed by atoms with van der Waals surface area (Å²) in [5, 5.41) is 42.5. The van der Waals surface area contributed by atoms with Gasteiger partial charge in [-0.2, -0.15) is 0 Å². The minimum atomic E-state index is -1.28. The molecular formula is C19H32ClNO6. The van der Waals surface area contributed by atoms with E-state index in [1.807, 2.05) is 18.2 Å². The van der Waals surface area contributed by atoms with Gasteiger partial charge in [0.15, 0.2) is 0 Å². The Balaban J connectivity index is 0.00000364. The van der Waals surface area contributed by atoms with Crippen molar-refractivity contribution < 1.29 is 29.9 Å². The molecule has 0 radical (unpaired) electrons. The quantitative estimate of drug-likeness (QED) is 0.480. The predicted molar refractivity (Wildman–Crippen MR) is 104 cm³/mol. The molecule has 1 heterocycles. The van der Waals surface area contributed by atoms with E-state index in [0.717, 1.165) is 37.0 Å². The first-order valence-corrected chi connectivity index (χ1v) is 9.31. The van der Waals surface area contributed by atoms with Crippen LogP contribution in [0.2, 0.25) is 0 Å². The van der Waals surface area contributed by atoms with Crippen LogP contribution in [0.15, 0.2) is 24.3 Å². The molecule has 0 aromatic heterocycles. The molecule has 0 aliphatic carbocycles. The second-order valence-corrected chi connectivity index (χ2v) is 6.61. The number of β-amino-alcohol motifs (C(OH)–C–C–N with tert-alkyl or cyclic N) is 1. The number of nitrogens with one attached hydrogen (secondary N) is 1. The highest BCUT2D eigenvalue weighted by Crippen LogP contribution is 2.20. The van der Waals surface area contributed by atoms with Crippen LogP contribution in [0.3, 0.4) is 0 Å². The molecule has 2 rings (SSSR count). The largest absolute Gasteiger partial charge is 0.493 e. The lowest BCUT2D eigenvalue weighted by molar-refractivity contribution is -0.142. The maximum absolute atomic E-state index is 10.3. The molecule has 5 N–H and O–H groups in total. The Bertz CT molecular complexity index is 521. The summed E-state index contributed by atoms with van der Waals surface area (Å²) in [4.78, 5) is 0. The first-order valence-electron chi connectivity index (χ1n) is 9.31. The van der Waals surface area contributed by atoms with Crippen molar-refractivity contribution in [3.63, 3.8) is 0 Å². The Morgan fingerprint density at radius 3 is 2.67 bits per heavy atom. The molecule has 0 saturated carbocycles. The number of para-hydroxylation sites is 1. The average molecular weight is 406 g/mol. The number of ether oxygens (including phenoxy) is 2. The van der Waals surface area contributed by atoms with E-state index < -0.39 is 31.0 Å².